The van der Waals surface area contributed by atoms with Crippen molar-refractivity contribution in [2.75, 3.05) is 27.3 Å². The molecule has 0 saturated carbocycles. The van der Waals surface area contributed by atoms with Gasteiger partial charge in [-0.1, -0.05) is 0 Å². The standard InChI is InChI=1S/C18H25N3O3.ClH/c1-18(2)16(12-5-6-14(23-3)15(11-12)24-4)20-21(17(18)22)13-7-9-19-10-8-13;/h5-6,11,13,19H,7-10H2,1-4H3;1H. The van der Waals surface area contributed by atoms with Crippen LogP contribution in [0.2, 0.25) is 0 Å². The molecule has 2 aliphatic rings. The molecule has 0 aromatic heterocycles. The highest BCUT2D eigenvalue weighted by molar-refractivity contribution is 6.19. The van der Waals surface area contributed by atoms with E-state index in [1.807, 2.05) is 32.0 Å². The second kappa shape index (κ2) is 7.62. The predicted molar refractivity (Wildman–Crippen MR) is 99.8 cm³/mol. The summed E-state index contributed by atoms with van der Waals surface area (Å²) in [6.07, 6.45) is 1.87. The van der Waals surface area contributed by atoms with Crippen LogP contribution in [0.3, 0.4) is 0 Å². The van der Waals surface area contributed by atoms with E-state index in [-0.39, 0.29) is 24.4 Å². The van der Waals surface area contributed by atoms with Crippen LogP contribution in [0, 0.1) is 5.41 Å². The van der Waals surface area contributed by atoms with Crippen LogP contribution in [0.15, 0.2) is 23.3 Å². The minimum atomic E-state index is -0.648. The average Bonchev–Trinajstić information content (AvgIpc) is 2.85. The van der Waals surface area contributed by atoms with Crippen LogP contribution >= 0.6 is 12.4 Å². The molecule has 25 heavy (non-hydrogen) atoms. The molecule has 1 aromatic carbocycles. The molecule has 2 heterocycles. The van der Waals surface area contributed by atoms with Crippen molar-refractivity contribution in [3.8, 4) is 11.5 Å². The van der Waals surface area contributed by atoms with Crippen molar-refractivity contribution in [1.29, 1.82) is 0 Å². The van der Waals surface area contributed by atoms with E-state index in [1.165, 1.54) is 0 Å². The number of benzene rings is 1. The van der Waals surface area contributed by atoms with Crippen LogP contribution in [-0.4, -0.2) is 50.0 Å². The van der Waals surface area contributed by atoms with Gasteiger partial charge in [0.2, 0.25) is 0 Å². The number of amides is 1. The highest BCUT2D eigenvalue weighted by atomic mass is 35.5. The molecule has 0 spiro atoms. The molecule has 1 fully saturated rings. The lowest BCUT2D eigenvalue weighted by Gasteiger charge is -2.30. The van der Waals surface area contributed by atoms with E-state index in [9.17, 15) is 4.79 Å². The molecule has 1 N–H and O–H groups in total. The topological polar surface area (TPSA) is 63.2 Å². The van der Waals surface area contributed by atoms with E-state index >= 15 is 0 Å². The second-order valence-electron chi connectivity index (χ2n) is 6.77. The summed E-state index contributed by atoms with van der Waals surface area (Å²) in [4.78, 5) is 12.9. The summed E-state index contributed by atoms with van der Waals surface area (Å²) in [5.41, 5.74) is 1.03. The number of hydrogen-bond donors (Lipinski definition) is 1. The molecule has 7 heteroatoms. The number of nitrogens with one attached hydrogen (secondary N) is 1. The quantitative estimate of drug-likeness (QED) is 0.887. The van der Waals surface area contributed by atoms with Gasteiger partial charge in [0, 0.05) is 5.56 Å². The van der Waals surface area contributed by atoms with Crippen molar-refractivity contribution in [3.63, 3.8) is 0 Å². The zero-order valence-corrected chi connectivity index (χ0v) is 16.0. The number of nitrogens with zero attached hydrogens (tertiary/aromatic N) is 2. The maximum Gasteiger partial charge on any atom is 0.254 e. The van der Waals surface area contributed by atoms with Gasteiger partial charge in [-0.25, -0.2) is 5.01 Å². The molecule has 2 aliphatic heterocycles. The summed E-state index contributed by atoms with van der Waals surface area (Å²) < 4.78 is 10.7. The van der Waals surface area contributed by atoms with Gasteiger partial charge in [-0.05, 0) is 58.0 Å². The van der Waals surface area contributed by atoms with Gasteiger partial charge in [0.05, 0.1) is 31.4 Å². The minimum absolute atomic E-state index is 0. The number of ether oxygens (including phenoxy) is 2. The Balaban J connectivity index is 0.00000225. The van der Waals surface area contributed by atoms with Crippen LogP contribution < -0.4 is 14.8 Å². The van der Waals surface area contributed by atoms with Crippen molar-refractivity contribution < 1.29 is 14.3 Å². The first kappa shape index (κ1) is 19.5. The molecule has 0 aliphatic carbocycles. The second-order valence-corrected chi connectivity index (χ2v) is 6.77. The number of halogens is 1. The Morgan fingerprint density at radius 3 is 2.40 bits per heavy atom. The van der Waals surface area contributed by atoms with Crippen molar-refractivity contribution in [2.45, 2.75) is 32.7 Å². The van der Waals surface area contributed by atoms with Gasteiger partial charge in [0.1, 0.15) is 0 Å². The Morgan fingerprint density at radius 2 is 1.80 bits per heavy atom. The average molecular weight is 368 g/mol. The highest BCUT2D eigenvalue weighted by Gasteiger charge is 2.46. The number of methoxy groups -OCH3 is 2. The Bertz CT molecular complexity index is 670. The Morgan fingerprint density at radius 1 is 1.16 bits per heavy atom. The smallest absolute Gasteiger partial charge is 0.254 e. The van der Waals surface area contributed by atoms with Gasteiger partial charge in [0.25, 0.3) is 5.91 Å². The number of hydrazone groups is 1. The summed E-state index contributed by atoms with van der Waals surface area (Å²) >= 11 is 0. The van der Waals surface area contributed by atoms with Crippen molar-refractivity contribution in [3.05, 3.63) is 23.8 Å². The first-order valence-electron chi connectivity index (χ1n) is 8.35. The monoisotopic (exact) mass is 367 g/mol. The molecule has 3 rings (SSSR count). The summed E-state index contributed by atoms with van der Waals surface area (Å²) in [5.74, 6) is 1.37. The van der Waals surface area contributed by atoms with Crippen molar-refractivity contribution in [1.82, 2.24) is 10.3 Å². The van der Waals surface area contributed by atoms with Gasteiger partial charge in [0.15, 0.2) is 11.5 Å². The van der Waals surface area contributed by atoms with Crippen LogP contribution in [0.25, 0.3) is 0 Å². The zero-order chi connectivity index (χ0) is 17.3. The lowest BCUT2D eigenvalue weighted by atomic mass is 9.83. The number of carbonyl (C=O) groups excluding carboxylic acids is 1. The summed E-state index contributed by atoms with van der Waals surface area (Å²) in [7, 11) is 3.21. The third-order valence-corrected chi connectivity index (χ3v) is 4.85. The molecular formula is C18H26ClN3O3. The van der Waals surface area contributed by atoms with Crippen LogP contribution in [0.4, 0.5) is 0 Å². The van der Waals surface area contributed by atoms with E-state index in [0.29, 0.717) is 11.5 Å². The van der Waals surface area contributed by atoms with E-state index < -0.39 is 5.41 Å². The molecule has 1 saturated heterocycles. The number of hydrogen-bond acceptors (Lipinski definition) is 5. The van der Waals surface area contributed by atoms with Gasteiger partial charge in [-0.2, -0.15) is 5.10 Å². The lowest BCUT2D eigenvalue weighted by molar-refractivity contribution is -0.137. The summed E-state index contributed by atoms with van der Waals surface area (Å²) in [6.45, 7) is 5.73. The molecule has 0 bridgehead atoms. The molecule has 138 valence electrons. The van der Waals surface area contributed by atoms with Crippen LogP contribution in [0.5, 0.6) is 11.5 Å². The molecule has 6 nitrogen and oxygen atoms in total. The first-order valence-corrected chi connectivity index (χ1v) is 8.35. The van der Waals surface area contributed by atoms with Gasteiger partial charge in [-0.15, -0.1) is 12.4 Å². The predicted octanol–water partition coefficient (Wildman–Crippen LogP) is 2.45. The molecule has 1 aromatic rings. The fourth-order valence-electron chi connectivity index (χ4n) is 3.37. The van der Waals surface area contributed by atoms with Crippen LogP contribution in [0.1, 0.15) is 32.3 Å². The molecular weight excluding hydrogens is 342 g/mol. The Hall–Kier alpha value is -1.79. The minimum Gasteiger partial charge on any atom is -0.493 e. The Labute approximate surface area is 155 Å². The molecule has 0 unspecified atom stereocenters. The van der Waals surface area contributed by atoms with E-state index in [0.717, 1.165) is 37.2 Å². The molecule has 0 atom stereocenters. The van der Waals surface area contributed by atoms with Gasteiger partial charge >= 0.3 is 0 Å². The third kappa shape index (κ3) is 3.46. The third-order valence-electron chi connectivity index (χ3n) is 4.85. The number of piperidine rings is 1. The summed E-state index contributed by atoms with van der Waals surface area (Å²) in [6, 6.07) is 5.85. The largest absolute Gasteiger partial charge is 0.493 e. The maximum atomic E-state index is 12.9. The lowest BCUT2D eigenvalue weighted by Crippen LogP contribution is -2.44. The van der Waals surface area contributed by atoms with Crippen molar-refractivity contribution in [2.24, 2.45) is 10.5 Å². The molecule has 0 radical (unpaired) electrons. The highest BCUT2D eigenvalue weighted by Crippen LogP contribution is 2.37. The normalized spacial score (nSPS) is 20.1. The number of rotatable bonds is 4. The first-order chi connectivity index (χ1) is 11.5. The van der Waals surface area contributed by atoms with Crippen molar-refractivity contribution >= 4 is 24.0 Å². The zero-order valence-electron chi connectivity index (χ0n) is 15.2. The Kier molecular flexibility index (Phi) is 5.95. The fraction of sp³-hybridized carbons (Fsp3) is 0.556. The maximum absolute atomic E-state index is 12.9. The summed E-state index contributed by atoms with van der Waals surface area (Å²) in [5, 5.41) is 9.75. The van der Waals surface area contributed by atoms with E-state index in [1.54, 1.807) is 19.2 Å². The van der Waals surface area contributed by atoms with E-state index in [4.69, 9.17) is 14.6 Å². The van der Waals surface area contributed by atoms with Gasteiger partial charge < -0.3 is 14.8 Å². The van der Waals surface area contributed by atoms with Crippen LogP contribution in [-0.2, 0) is 4.79 Å². The van der Waals surface area contributed by atoms with E-state index in [2.05, 4.69) is 5.32 Å². The molecule has 1 amide bonds. The number of carbonyl (C=O) groups is 1. The fourth-order valence-corrected chi connectivity index (χ4v) is 3.37. The SMILES string of the molecule is COc1ccc(C2=NN(C3CCNCC3)C(=O)C2(C)C)cc1OC.Cl. The van der Waals surface area contributed by atoms with Gasteiger partial charge in [-0.3, -0.25) is 4.79 Å².